The highest BCUT2D eigenvalue weighted by atomic mass is 15.2. The van der Waals surface area contributed by atoms with Gasteiger partial charge in [-0.25, -0.2) is 0 Å². The fourth-order valence-electron chi connectivity index (χ4n) is 2.64. The van der Waals surface area contributed by atoms with E-state index in [2.05, 4.69) is 25.8 Å². The van der Waals surface area contributed by atoms with Crippen LogP contribution in [-0.2, 0) is 0 Å². The van der Waals surface area contributed by atoms with Crippen LogP contribution in [-0.4, -0.2) is 25.0 Å². The van der Waals surface area contributed by atoms with Crippen molar-refractivity contribution in [3.8, 4) is 0 Å². The molecule has 1 fully saturated rings. The van der Waals surface area contributed by atoms with Gasteiger partial charge in [-0.05, 0) is 33.7 Å². The summed E-state index contributed by atoms with van der Waals surface area (Å²) in [7, 11) is 2.21. The van der Waals surface area contributed by atoms with E-state index in [1.165, 1.54) is 25.9 Å². The van der Waals surface area contributed by atoms with Crippen LogP contribution in [0.2, 0.25) is 0 Å². The molecule has 62 valence electrons. The predicted octanol–water partition coefficient (Wildman–Crippen LogP) is 2.05. The van der Waals surface area contributed by atoms with Gasteiger partial charge in [-0.1, -0.05) is 11.1 Å². The number of allylic oxidation sites excluding steroid dienone is 1. The van der Waals surface area contributed by atoms with Crippen molar-refractivity contribution in [3.05, 3.63) is 11.1 Å². The number of nitrogens with zero attached hydrogens (tertiary/aromatic N) is 1. The van der Waals surface area contributed by atoms with E-state index in [4.69, 9.17) is 0 Å². The maximum atomic E-state index is 2.42. The lowest BCUT2D eigenvalue weighted by molar-refractivity contribution is 0.0565. The lowest BCUT2D eigenvalue weighted by Crippen LogP contribution is -2.53. The zero-order valence-electron chi connectivity index (χ0n) is 7.78. The number of hydrogen-bond acceptors (Lipinski definition) is 1. The first-order chi connectivity index (χ1) is 5.14. The highest BCUT2D eigenvalue weighted by Crippen LogP contribution is 2.48. The van der Waals surface area contributed by atoms with Crippen molar-refractivity contribution in [2.24, 2.45) is 5.41 Å². The normalized spacial score (nSPS) is 29.7. The molecule has 0 radical (unpaired) electrons. The van der Waals surface area contributed by atoms with Crippen molar-refractivity contribution < 1.29 is 0 Å². The molecule has 0 bridgehead atoms. The van der Waals surface area contributed by atoms with Gasteiger partial charge in [0.15, 0.2) is 0 Å². The molecule has 1 aliphatic carbocycles. The van der Waals surface area contributed by atoms with Gasteiger partial charge >= 0.3 is 0 Å². The average Bonchev–Trinajstić information content (AvgIpc) is 2.16. The molecule has 0 aromatic rings. The summed E-state index contributed by atoms with van der Waals surface area (Å²) in [6.45, 7) is 7.23. The first kappa shape index (κ1) is 7.35. The van der Waals surface area contributed by atoms with Crippen LogP contribution in [0.3, 0.4) is 0 Å². The Bertz CT molecular complexity index is 209. The second kappa shape index (κ2) is 2.10. The molecule has 1 saturated heterocycles. The zero-order chi connectivity index (χ0) is 8.06. The summed E-state index contributed by atoms with van der Waals surface area (Å²) >= 11 is 0. The molecule has 2 aliphatic rings. The Balaban J connectivity index is 2.19. The summed E-state index contributed by atoms with van der Waals surface area (Å²) in [5, 5.41) is 0. The van der Waals surface area contributed by atoms with Crippen LogP contribution in [0.25, 0.3) is 0 Å². The van der Waals surface area contributed by atoms with E-state index in [9.17, 15) is 0 Å². The summed E-state index contributed by atoms with van der Waals surface area (Å²) < 4.78 is 0. The van der Waals surface area contributed by atoms with E-state index >= 15 is 0 Å². The molecule has 1 aliphatic heterocycles. The quantitative estimate of drug-likeness (QED) is 0.479. The van der Waals surface area contributed by atoms with E-state index in [-0.39, 0.29) is 0 Å². The van der Waals surface area contributed by atoms with Crippen molar-refractivity contribution >= 4 is 0 Å². The molecule has 0 aromatic carbocycles. The number of rotatable bonds is 0. The molecule has 0 atom stereocenters. The first-order valence-electron chi connectivity index (χ1n) is 4.49. The molecular weight excluding hydrogens is 134 g/mol. The van der Waals surface area contributed by atoms with Gasteiger partial charge in [0.2, 0.25) is 0 Å². The number of likely N-dealkylation sites (tertiary alicyclic amines) is 1. The van der Waals surface area contributed by atoms with Gasteiger partial charge in [0.1, 0.15) is 0 Å². The van der Waals surface area contributed by atoms with Crippen molar-refractivity contribution in [1.82, 2.24) is 4.90 Å². The van der Waals surface area contributed by atoms with Gasteiger partial charge in [0.25, 0.3) is 0 Å². The van der Waals surface area contributed by atoms with Gasteiger partial charge in [0, 0.05) is 18.5 Å². The minimum Gasteiger partial charge on any atom is -0.305 e. The lowest BCUT2D eigenvalue weighted by atomic mass is 9.75. The third-order valence-electron chi connectivity index (χ3n) is 3.56. The van der Waals surface area contributed by atoms with Crippen LogP contribution < -0.4 is 0 Å². The minimum atomic E-state index is 0.624. The number of hydrogen-bond donors (Lipinski definition) is 0. The van der Waals surface area contributed by atoms with Crippen LogP contribution in [0, 0.1) is 5.41 Å². The first-order valence-corrected chi connectivity index (χ1v) is 4.49. The Morgan fingerprint density at radius 3 is 2.27 bits per heavy atom. The second-order valence-electron chi connectivity index (χ2n) is 4.36. The predicted molar refractivity (Wildman–Crippen MR) is 47.5 cm³/mol. The molecule has 0 unspecified atom stereocenters. The maximum Gasteiger partial charge on any atom is 0.0169 e. The van der Waals surface area contributed by atoms with Crippen molar-refractivity contribution in [3.63, 3.8) is 0 Å². The van der Waals surface area contributed by atoms with Crippen LogP contribution in [0.1, 0.15) is 26.7 Å². The van der Waals surface area contributed by atoms with E-state index in [1.54, 1.807) is 11.1 Å². The topological polar surface area (TPSA) is 3.24 Å². The Morgan fingerprint density at radius 1 is 1.27 bits per heavy atom. The molecule has 0 aromatic heterocycles. The van der Waals surface area contributed by atoms with Gasteiger partial charge in [-0.15, -0.1) is 0 Å². The van der Waals surface area contributed by atoms with Crippen molar-refractivity contribution in [2.45, 2.75) is 26.7 Å². The summed E-state index contributed by atoms with van der Waals surface area (Å²) in [5.74, 6) is 0. The largest absolute Gasteiger partial charge is 0.305 e. The highest BCUT2D eigenvalue weighted by molar-refractivity contribution is 5.29. The monoisotopic (exact) mass is 151 g/mol. The average molecular weight is 151 g/mol. The molecular formula is C10H17N. The third-order valence-corrected chi connectivity index (χ3v) is 3.56. The van der Waals surface area contributed by atoms with Crippen molar-refractivity contribution in [2.75, 3.05) is 20.1 Å². The van der Waals surface area contributed by atoms with Gasteiger partial charge in [0.05, 0.1) is 0 Å². The SMILES string of the molecule is CC1=C(C)C2(CC1)CN(C)C2. The Morgan fingerprint density at radius 2 is 1.91 bits per heavy atom. The van der Waals surface area contributed by atoms with E-state index in [1.807, 2.05) is 0 Å². The molecule has 1 nitrogen and oxygen atoms in total. The summed E-state index contributed by atoms with van der Waals surface area (Å²) in [5.41, 5.74) is 3.97. The van der Waals surface area contributed by atoms with E-state index < -0.39 is 0 Å². The molecule has 1 heterocycles. The van der Waals surface area contributed by atoms with Crippen molar-refractivity contribution in [1.29, 1.82) is 0 Å². The smallest absolute Gasteiger partial charge is 0.0169 e. The lowest BCUT2D eigenvalue weighted by Gasteiger charge is -2.47. The van der Waals surface area contributed by atoms with Crippen LogP contribution in [0.4, 0.5) is 0 Å². The van der Waals surface area contributed by atoms with Crippen LogP contribution >= 0.6 is 0 Å². The molecule has 2 rings (SSSR count). The van der Waals surface area contributed by atoms with Gasteiger partial charge in [-0.3, -0.25) is 0 Å². The Kier molecular flexibility index (Phi) is 1.40. The van der Waals surface area contributed by atoms with Gasteiger partial charge < -0.3 is 4.90 Å². The standard InChI is InChI=1S/C10H17N/c1-8-4-5-10(9(8)2)6-11(3)7-10/h4-7H2,1-3H3. The maximum absolute atomic E-state index is 2.42. The third kappa shape index (κ3) is 0.871. The zero-order valence-corrected chi connectivity index (χ0v) is 7.78. The minimum absolute atomic E-state index is 0.624. The molecule has 0 saturated carbocycles. The summed E-state index contributed by atoms with van der Waals surface area (Å²) in [6, 6.07) is 0. The molecule has 0 amide bonds. The molecule has 1 spiro atoms. The molecule has 11 heavy (non-hydrogen) atoms. The van der Waals surface area contributed by atoms with E-state index in [0.29, 0.717) is 5.41 Å². The van der Waals surface area contributed by atoms with Gasteiger partial charge in [-0.2, -0.15) is 0 Å². The molecule has 0 N–H and O–H groups in total. The fraction of sp³-hybridized carbons (Fsp3) is 0.800. The van der Waals surface area contributed by atoms with Crippen LogP contribution in [0.15, 0.2) is 11.1 Å². The Labute approximate surface area is 69.1 Å². The molecule has 1 heteroatoms. The second-order valence-corrected chi connectivity index (χ2v) is 4.36. The Hall–Kier alpha value is -0.300. The van der Waals surface area contributed by atoms with Crippen LogP contribution in [0.5, 0.6) is 0 Å². The summed E-state index contributed by atoms with van der Waals surface area (Å²) in [6.07, 6.45) is 2.76. The highest BCUT2D eigenvalue weighted by Gasteiger charge is 2.45. The fourth-order valence-corrected chi connectivity index (χ4v) is 2.64. The summed E-state index contributed by atoms with van der Waals surface area (Å²) in [4.78, 5) is 2.42. The van der Waals surface area contributed by atoms with E-state index in [0.717, 1.165) is 0 Å².